The largest absolute Gasteiger partial charge is 0.348 e. The molecular weight excluding hydrogens is 408 g/mol. The summed E-state index contributed by atoms with van der Waals surface area (Å²) in [6.45, 7) is 5.51. The van der Waals surface area contributed by atoms with Crippen molar-refractivity contribution in [1.29, 1.82) is 0 Å². The molecule has 1 N–H and O–H groups in total. The molecule has 3 rings (SSSR count). The number of aryl methyl sites for hydroxylation is 2. The van der Waals surface area contributed by atoms with Crippen molar-refractivity contribution in [2.24, 2.45) is 0 Å². The molecule has 0 saturated carbocycles. The van der Waals surface area contributed by atoms with Gasteiger partial charge in [0.15, 0.2) is 0 Å². The van der Waals surface area contributed by atoms with Crippen LogP contribution < -0.4 is 9.62 Å². The SMILES string of the molecule is CCc1ccc(C(C)NC(=O)CN(c2ccccc2C)S(=O)(=O)c2ccccc2)cc1. The van der Waals surface area contributed by atoms with Crippen molar-refractivity contribution in [3.05, 3.63) is 95.6 Å². The molecule has 31 heavy (non-hydrogen) atoms. The number of benzene rings is 3. The summed E-state index contributed by atoms with van der Waals surface area (Å²) >= 11 is 0. The van der Waals surface area contributed by atoms with Crippen molar-refractivity contribution in [2.45, 2.75) is 38.1 Å². The summed E-state index contributed by atoms with van der Waals surface area (Å²) < 4.78 is 28.0. The second kappa shape index (κ2) is 9.79. The topological polar surface area (TPSA) is 66.5 Å². The van der Waals surface area contributed by atoms with Gasteiger partial charge in [-0.05, 0) is 55.2 Å². The Bertz CT molecular complexity index is 1130. The van der Waals surface area contributed by atoms with Crippen LogP contribution in [0.15, 0.2) is 83.8 Å². The van der Waals surface area contributed by atoms with Crippen LogP contribution in [-0.4, -0.2) is 20.9 Å². The maximum absolute atomic E-state index is 13.4. The molecule has 0 spiro atoms. The highest BCUT2D eigenvalue weighted by Crippen LogP contribution is 2.26. The van der Waals surface area contributed by atoms with E-state index in [1.807, 2.05) is 50.2 Å². The van der Waals surface area contributed by atoms with Crippen molar-refractivity contribution in [1.82, 2.24) is 5.32 Å². The zero-order valence-corrected chi connectivity index (χ0v) is 18.9. The number of rotatable bonds is 8. The quantitative estimate of drug-likeness (QED) is 0.560. The van der Waals surface area contributed by atoms with Gasteiger partial charge in [0.25, 0.3) is 10.0 Å². The molecule has 0 aliphatic carbocycles. The first-order chi connectivity index (χ1) is 14.8. The lowest BCUT2D eigenvalue weighted by atomic mass is 10.1. The van der Waals surface area contributed by atoms with E-state index in [1.165, 1.54) is 22.0 Å². The molecule has 0 aliphatic heterocycles. The summed E-state index contributed by atoms with van der Waals surface area (Å²) in [6, 6.07) is 23.2. The first-order valence-electron chi connectivity index (χ1n) is 10.3. The van der Waals surface area contributed by atoms with Crippen LogP contribution in [0, 0.1) is 6.92 Å². The van der Waals surface area contributed by atoms with Crippen LogP contribution in [0.1, 0.15) is 36.6 Å². The number of amides is 1. The first kappa shape index (κ1) is 22.6. The Hall–Kier alpha value is -3.12. The second-order valence-electron chi connectivity index (χ2n) is 7.50. The molecular formula is C25H28N2O3S. The molecule has 1 atom stereocenters. The van der Waals surface area contributed by atoms with Crippen molar-refractivity contribution < 1.29 is 13.2 Å². The highest BCUT2D eigenvalue weighted by Gasteiger charge is 2.28. The lowest BCUT2D eigenvalue weighted by molar-refractivity contribution is -0.120. The third-order valence-electron chi connectivity index (χ3n) is 5.27. The first-order valence-corrected chi connectivity index (χ1v) is 11.8. The molecule has 0 bridgehead atoms. The smallest absolute Gasteiger partial charge is 0.264 e. The van der Waals surface area contributed by atoms with Gasteiger partial charge in [-0.15, -0.1) is 0 Å². The van der Waals surface area contributed by atoms with E-state index >= 15 is 0 Å². The number of carbonyl (C=O) groups excluding carboxylic acids is 1. The Morgan fingerprint density at radius 2 is 1.55 bits per heavy atom. The van der Waals surface area contributed by atoms with Crippen LogP contribution >= 0.6 is 0 Å². The lowest BCUT2D eigenvalue weighted by Gasteiger charge is -2.26. The van der Waals surface area contributed by atoms with E-state index in [-0.39, 0.29) is 23.4 Å². The standard InChI is InChI=1S/C25H28N2O3S/c1-4-21-14-16-22(17-15-21)20(3)26-25(28)18-27(24-13-9-8-10-19(24)2)31(29,30)23-11-6-5-7-12-23/h5-17,20H,4,18H2,1-3H3,(H,26,28). The monoisotopic (exact) mass is 436 g/mol. The predicted octanol–water partition coefficient (Wildman–Crippen LogP) is 4.63. The molecule has 1 unspecified atom stereocenters. The molecule has 1 amide bonds. The average molecular weight is 437 g/mol. The summed E-state index contributed by atoms with van der Waals surface area (Å²) in [5.74, 6) is -0.366. The minimum Gasteiger partial charge on any atom is -0.348 e. The molecule has 0 fully saturated rings. The fourth-order valence-electron chi connectivity index (χ4n) is 3.41. The lowest BCUT2D eigenvalue weighted by Crippen LogP contribution is -2.41. The molecule has 0 heterocycles. The van der Waals surface area contributed by atoms with Crippen molar-refractivity contribution in [3.63, 3.8) is 0 Å². The minimum atomic E-state index is -3.91. The predicted molar refractivity (Wildman–Crippen MR) is 125 cm³/mol. The van der Waals surface area contributed by atoms with E-state index < -0.39 is 10.0 Å². The minimum absolute atomic E-state index is 0.147. The molecule has 3 aromatic carbocycles. The summed E-state index contributed by atoms with van der Waals surface area (Å²) in [4.78, 5) is 13.1. The van der Waals surface area contributed by atoms with E-state index in [0.717, 1.165) is 17.5 Å². The summed E-state index contributed by atoms with van der Waals surface area (Å²) in [7, 11) is -3.91. The maximum Gasteiger partial charge on any atom is 0.264 e. The zero-order valence-electron chi connectivity index (χ0n) is 18.1. The van der Waals surface area contributed by atoms with E-state index in [1.54, 1.807) is 30.3 Å². The average Bonchev–Trinajstić information content (AvgIpc) is 2.78. The van der Waals surface area contributed by atoms with Crippen molar-refractivity contribution >= 4 is 21.6 Å². The van der Waals surface area contributed by atoms with Crippen LogP contribution in [-0.2, 0) is 21.2 Å². The number of hydrogen-bond acceptors (Lipinski definition) is 3. The van der Waals surface area contributed by atoms with Gasteiger partial charge in [0.1, 0.15) is 6.54 Å². The van der Waals surface area contributed by atoms with Gasteiger partial charge in [0.05, 0.1) is 16.6 Å². The number of nitrogens with zero attached hydrogens (tertiary/aromatic N) is 1. The number of para-hydroxylation sites is 1. The fourth-order valence-corrected chi connectivity index (χ4v) is 4.91. The molecule has 6 heteroatoms. The Kier molecular flexibility index (Phi) is 7.13. The van der Waals surface area contributed by atoms with Gasteiger partial charge in [0.2, 0.25) is 5.91 Å². The summed E-state index contributed by atoms with van der Waals surface area (Å²) in [5.41, 5.74) is 3.46. The Labute approximate surface area is 184 Å². The zero-order chi connectivity index (χ0) is 22.4. The van der Waals surface area contributed by atoms with Crippen LogP contribution in [0.2, 0.25) is 0 Å². The van der Waals surface area contributed by atoms with Crippen molar-refractivity contribution in [3.8, 4) is 0 Å². The Morgan fingerprint density at radius 3 is 2.16 bits per heavy atom. The third kappa shape index (κ3) is 5.33. The van der Waals surface area contributed by atoms with Crippen LogP contribution in [0.25, 0.3) is 0 Å². The van der Waals surface area contributed by atoms with Gasteiger partial charge >= 0.3 is 0 Å². The number of anilines is 1. The van der Waals surface area contributed by atoms with Gasteiger partial charge in [-0.3, -0.25) is 9.10 Å². The molecule has 0 aliphatic rings. The molecule has 5 nitrogen and oxygen atoms in total. The Morgan fingerprint density at radius 1 is 0.935 bits per heavy atom. The Balaban J connectivity index is 1.86. The number of sulfonamides is 1. The van der Waals surface area contributed by atoms with E-state index in [9.17, 15) is 13.2 Å². The molecule has 0 saturated heterocycles. The van der Waals surface area contributed by atoms with Gasteiger partial charge in [-0.25, -0.2) is 8.42 Å². The van der Waals surface area contributed by atoms with Crippen LogP contribution in [0.3, 0.4) is 0 Å². The molecule has 162 valence electrons. The number of nitrogens with one attached hydrogen (secondary N) is 1. The highest BCUT2D eigenvalue weighted by molar-refractivity contribution is 7.92. The van der Waals surface area contributed by atoms with Gasteiger partial charge < -0.3 is 5.32 Å². The van der Waals surface area contributed by atoms with Crippen LogP contribution in [0.5, 0.6) is 0 Å². The van der Waals surface area contributed by atoms with Gasteiger partial charge in [-0.1, -0.05) is 67.6 Å². The number of carbonyl (C=O) groups is 1. The van der Waals surface area contributed by atoms with E-state index in [4.69, 9.17) is 0 Å². The third-order valence-corrected chi connectivity index (χ3v) is 7.04. The van der Waals surface area contributed by atoms with Crippen molar-refractivity contribution in [2.75, 3.05) is 10.8 Å². The van der Waals surface area contributed by atoms with Gasteiger partial charge in [-0.2, -0.15) is 0 Å². The fraction of sp³-hybridized carbons (Fsp3) is 0.240. The van der Waals surface area contributed by atoms with E-state index in [0.29, 0.717) is 5.69 Å². The van der Waals surface area contributed by atoms with Gasteiger partial charge in [0, 0.05) is 0 Å². The number of hydrogen-bond donors (Lipinski definition) is 1. The molecule has 0 aromatic heterocycles. The second-order valence-corrected chi connectivity index (χ2v) is 9.36. The normalized spacial score (nSPS) is 12.2. The molecule has 0 radical (unpaired) electrons. The highest BCUT2D eigenvalue weighted by atomic mass is 32.2. The summed E-state index contributed by atoms with van der Waals surface area (Å²) in [5, 5.41) is 2.93. The summed E-state index contributed by atoms with van der Waals surface area (Å²) in [6.07, 6.45) is 0.948. The van der Waals surface area contributed by atoms with E-state index in [2.05, 4.69) is 12.2 Å². The van der Waals surface area contributed by atoms with Crippen LogP contribution in [0.4, 0.5) is 5.69 Å². The molecule has 3 aromatic rings. The maximum atomic E-state index is 13.4.